The number of nitrogens with zero attached hydrogens (tertiary/aromatic N) is 1. The van der Waals surface area contributed by atoms with Crippen LogP contribution in [0.25, 0.3) is 0 Å². The molecule has 0 atom stereocenters. The average molecular weight is 273 g/mol. The van der Waals surface area contributed by atoms with Gasteiger partial charge in [-0.2, -0.15) is 0 Å². The van der Waals surface area contributed by atoms with Gasteiger partial charge in [0.15, 0.2) is 0 Å². The van der Waals surface area contributed by atoms with E-state index in [0.29, 0.717) is 6.54 Å². The van der Waals surface area contributed by atoms with Crippen molar-refractivity contribution in [1.29, 1.82) is 0 Å². The van der Waals surface area contributed by atoms with Gasteiger partial charge in [-0.3, -0.25) is 4.79 Å². The van der Waals surface area contributed by atoms with Crippen LogP contribution < -0.4 is 5.32 Å². The molecule has 0 bridgehead atoms. The van der Waals surface area contributed by atoms with Gasteiger partial charge >= 0.3 is 5.97 Å². The minimum absolute atomic E-state index is 0.0102. The highest BCUT2D eigenvalue weighted by atomic mass is 16.4. The molecule has 2 aromatic rings. The van der Waals surface area contributed by atoms with Crippen molar-refractivity contribution in [2.75, 3.05) is 6.54 Å². The van der Waals surface area contributed by atoms with Gasteiger partial charge in [0.2, 0.25) is 0 Å². The molecule has 0 spiro atoms. The molecule has 0 aliphatic rings. The number of hydrogen-bond donors (Lipinski definition) is 3. The molecule has 0 fully saturated rings. The molecule has 0 saturated heterocycles. The summed E-state index contributed by atoms with van der Waals surface area (Å²) >= 11 is 0. The molecule has 0 unspecified atom stereocenters. The first-order valence-electron chi connectivity index (χ1n) is 6.27. The number of nitrogens with one attached hydrogen (secondary N) is 2. The zero-order valence-corrected chi connectivity index (χ0v) is 10.8. The summed E-state index contributed by atoms with van der Waals surface area (Å²) in [6.07, 6.45) is 4.89. The van der Waals surface area contributed by atoms with E-state index in [-0.39, 0.29) is 17.0 Å². The molecule has 0 aliphatic heterocycles. The maximum absolute atomic E-state index is 11.9. The number of carbonyl (C=O) groups is 2. The van der Waals surface area contributed by atoms with Crippen molar-refractivity contribution in [1.82, 2.24) is 15.3 Å². The van der Waals surface area contributed by atoms with Crippen LogP contribution in [-0.4, -0.2) is 33.5 Å². The molecule has 0 saturated carbocycles. The maximum atomic E-state index is 11.9. The van der Waals surface area contributed by atoms with Crippen LogP contribution in [0.4, 0.5) is 0 Å². The number of imidazole rings is 1. The molecular weight excluding hydrogens is 258 g/mol. The van der Waals surface area contributed by atoms with Crippen LogP contribution in [0.2, 0.25) is 0 Å². The number of rotatable bonds is 6. The number of aromatic nitrogens is 2. The molecule has 0 aliphatic carbocycles. The summed E-state index contributed by atoms with van der Waals surface area (Å²) in [5.41, 5.74) is 0.189. The summed E-state index contributed by atoms with van der Waals surface area (Å²) in [4.78, 5) is 30.0. The summed E-state index contributed by atoms with van der Waals surface area (Å²) in [7, 11) is 0. The van der Waals surface area contributed by atoms with Crippen molar-refractivity contribution in [2.24, 2.45) is 0 Å². The van der Waals surface area contributed by atoms with E-state index in [1.807, 2.05) is 0 Å². The van der Waals surface area contributed by atoms with E-state index >= 15 is 0 Å². The monoisotopic (exact) mass is 273 g/mol. The fourth-order valence-corrected chi connectivity index (χ4v) is 1.86. The third-order valence-corrected chi connectivity index (χ3v) is 2.83. The second kappa shape index (κ2) is 6.51. The van der Waals surface area contributed by atoms with Crippen LogP contribution in [0.3, 0.4) is 0 Å². The van der Waals surface area contributed by atoms with E-state index in [9.17, 15) is 9.59 Å². The van der Waals surface area contributed by atoms with Crippen molar-refractivity contribution >= 4 is 11.9 Å². The Labute approximate surface area is 115 Å². The molecule has 1 aromatic carbocycles. The Morgan fingerprint density at radius 3 is 2.65 bits per heavy atom. The number of hydrogen-bond acceptors (Lipinski definition) is 3. The minimum atomic E-state index is -1.11. The molecule has 3 N–H and O–H groups in total. The smallest absolute Gasteiger partial charge is 0.336 e. The Balaban J connectivity index is 1.87. The number of carboxylic acids is 1. The molecule has 2 rings (SSSR count). The Morgan fingerprint density at radius 1 is 1.25 bits per heavy atom. The number of amides is 1. The first-order valence-corrected chi connectivity index (χ1v) is 6.27. The molecule has 0 radical (unpaired) electrons. The lowest BCUT2D eigenvalue weighted by Gasteiger charge is -2.07. The van der Waals surface area contributed by atoms with E-state index in [1.165, 1.54) is 12.1 Å². The lowest BCUT2D eigenvalue weighted by atomic mass is 10.1. The molecule has 1 aromatic heterocycles. The van der Waals surface area contributed by atoms with E-state index in [2.05, 4.69) is 15.3 Å². The highest BCUT2D eigenvalue weighted by Gasteiger charge is 2.14. The SMILES string of the molecule is O=C(O)c1ccccc1C(=O)NCCCc1ncc[nH]1. The second-order valence-corrected chi connectivity index (χ2v) is 4.25. The van der Waals surface area contributed by atoms with Crippen molar-refractivity contribution in [3.63, 3.8) is 0 Å². The molecule has 1 heterocycles. The van der Waals surface area contributed by atoms with Crippen LogP contribution >= 0.6 is 0 Å². The van der Waals surface area contributed by atoms with E-state index in [1.54, 1.807) is 24.5 Å². The number of benzene rings is 1. The van der Waals surface area contributed by atoms with Gasteiger partial charge in [-0.1, -0.05) is 12.1 Å². The standard InChI is InChI=1S/C14H15N3O3/c18-13(10-4-1-2-5-11(10)14(19)20)17-7-3-6-12-15-8-9-16-12/h1-2,4-5,8-9H,3,6-7H2,(H,15,16)(H,17,18)(H,19,20). The fraction of sp³-hybridized carbons (Fsp3) is 0.214. The Bertz CT molecular complexity index is 593. The van der Waals surface area contributed by atoms with E-state index < -0.39 is 5.97 Å². The average Bonchev–Trinajstić information content (AvgIpc) is 2.96. The normalized spacial score (nSPS) is 10.2. The molecule has 6 nitrogen and oxygen atoms in total. The third kappa shape index (κ3) is 3.44. The van der Waals surface area contributed by atoms with Gasteiger partial charge in [0, 0.05) is 25.4 Å². The number of H-pyrrole nitrogens is 1. The zero-order chi connectivity index (χ0) is 14.4. The lowest BCUT2D eigenvalue weighted by Crippen LogP contribution is -2.26. The molecule has 6 heteroatoms. The second-order valence-electron chi connectivity index (χ2n) is 4.25. The number of carboxylic acid groups (broad SMARTS) is 1. The molecule has 20 heavy (non-hydrogen) atoms. The fourth-order valence-electron chi connectivity index (χ4n) is 1.86. The molecular formula is C14H15N3O3. The van der Waals surface area contributed by atoms with Crippen LogP contribution in [0.15, 0.2) is 36.7 Å². The number of aromatic carboxylic acids is 1. The van der Waals surface area contributed by atoms with E-state index in [4.69, 9.17) is 5.11 Å². The third-order valence-electron chi connectivity index (χ3n) is 2.83. The predicted octanol–water partition coefficient (Wildman–Crippen LogP) is 1.47. The zero-order valence-electron chi connectivity index (χ0n) is 10.8. The first-order chi connectivity index (χ1) is 9.68. The summed E-state index contributed by atoms with van der Waals surface area (Å²) in [5, 5.41) is 11.7. The van der Waals surface area contributed by atoms with Crippen molar-refractivity contribution in [3.05, 3.63) is 53.6 Å². The predicted molar refractivity (Wildman–Crippen MR) is 72.6 cm³/mol. The number of aromatic amines is 1. The Kier molecular flexibility index (Phi) is 4.49. The van der Waals surface area contributed by atoms with Gasteiger partial charge in [0.1, 0.15) is 5.82 Å². The maximum Gasteiger partial charge on any atom is 0.336 e. The topological polar surface area (TPSA) is 95.1 Å². The highest BCUT2D eigenvalue weighted by Crippen LogP contribution is 2.08. The summed E-state index contributed by atoms with van der Waals surface area (Å²) in [5.74, 6) is -0.612. The van der Waals surface area contributed by atoms with Gasteiger partial charge in [-0.05, 0) is 18.6 Å². The minimum Gasteiger partial charge on any atom is -0.478 e. The van der Waals surface area contributed by atoms with Crippen molar-refractivity contribution in [3.8, 4) is 0 Å². The van der Waals surface area contributed by atoms with Crippen LogP contribution in [0.1, 0.15) is 33.0 Å². The quantitative estimate of drug-likeness (QED) is 0.694. The van der Waals surface area contributed by atoms with Gasteiger partial charge in [-0.25, -0.2) is 9.78 Å². The van der Waals surface area contributed by atoms with Crippen molar-refractivity contribution < 1.29 is 14.7 Å². The molecule has 104 valence electrons. The Morgan fingerprint density at radius 2 is 2.00 bits per heavy atom. The number of carbonyl (C=O) groups excluding carboxylic acids is 1. The van der Waals surface area contributed by atoms with Crippen molar-refractivity contribution in [2.45, 2.75) is 12.8 Å². The van der Waals surface area contributed by atoms with Gasteiger partial charge in [-0.15, -0.1) is 0 Å². The highest BCUT2D eigenvalue weighted by molar-refractivity contribution is 6.04. The summed E-state index contributed by atoms with van der Waals surface area (Å²) < 4.78 is 0. The lowest BCUT2D eigenvalue weighted by molar-refractivity contribution is 0.0691. The van der Waals surface area contributed by atoms with Gasteiger partial charge in [0.05, 0.1) is 11.1 Å². The van der Waals surface area contributed by atoms with E-state index in [0.717, 1.165) is 18.7 Å². The number of aryl methyl sites for hydroxylation is 1. The van der Waals surface area contributed by atoms with Gasteiger partial charge in [0.25, 0.3) is 5.91 Å². The van der Waals surface area contributed by atoms with Crippen LogP contribution in [0, 0.1) is 0 Å². The summed E-state index contributed by atoms with van der Waals surface area (Å²) in [6.45, 7) is 0.466. The van der Waals surface area contributed by atoms with Gasteiger partial charge < -0.3 is 15.4 Å². The van der Waals surface area contributed by atoms with Crippen LogP contribution in [-0.2, 0) is 6.42 Å². The Hall–Kier alpha value is -2.63. The first kappa shape index (κ1) is 13.8. The molecule has 1 amide bonds. The largest absolute Gasteiger partial charge is 0.478 e. The van der Waals surface area contributed by atoms with Crippen LogP contribution in [0.5, 0.6) is 0 Å². The summed E-state index contributed by atoms with van der Waals surface area (Å²) in [6, 6.07) is 6.16.